The van der Waals surface area contributed by atoms with Crippen molar-refractivity contribution in [1.29, 1.82) is 0 Å². The SMILES string of the molecule is CCCCCCCc1c(Cl)c(C)c(Cl)c(=O)n1O. The maximum absolute atomic E-state index is 11.6. The summed E-state index contributed by atoms with van der Waals surface area (Å²) in [5.41, 5.74) is 0.402. The highest BCUT2D eigenvalue weighted by atomic mass is 35.5. The second-order valence-corrected chi connectivity index (χ2v) is 5.24. The Kier molecular flexibility index (Phi) is 6.03. The van der Waals surface area contributed by atoms with Crippen molar-refractivity contribution in [2.24, 2.45) is 0 Å². The van der Waals surface area contributed by atoms with E-state index in [1.54, 1.807) is 6.92 Å². The Morgan fingerprint density at radius 3 is 2.33 bits per heavy atom. The molecular formula is C13H19Cl2NO2. The number of halogens is 2. The molecule has 0 aromatic carbocycles. The monoisotopic (exact) mass is 291 g/mol. The molecule has 0 aliphatic rings. The largest absolute Gasteiger partial charge is 0.425 e. The van der Waals surface area contributed by atoms with E-state index in [4.69, 9.17) is 23.2 Å². The summed E-state index contributed by atoms with van der Waals surface area (Å²) in [6.45, 7) is 3.84. The van der Waals surface area contributed by atoms with Gasteiger partial charge in [-0.25, -0.2) is 0 Å². The van der Waals surface area contributed by atoms with Crippen LogP contribution in [0.1, 0.15) is 50.3 Å². The van der Waals surface area contributed by atoms with E-state index in [0.717, 1.165) is 19.3 Å². The van der Waals surface area contributed by atoms with Gasteiger partial charge in [0, 0.05) is 0 Å². The third-order valence-corrected chi connectivity index (χ3v) is 4.01. The average molecular weight is 292 g/mol. The van der Waals surface area contributed by atoms with Crippen LogP contribution in [0, 0.1) is 6.92 Å². The lowest BCUT2D eigenvalue weighted by atomic mass is 10.1. The lowest BCUT2D eigenvalue weighted by Gasteiger charge is -2.12. The van der Waals surface area contributed by atoms with E-state index in [1.165, 1.54) is 12.8 Å². The van der Waals surface area contributed by atoms with Crippen molar-refractivity contribution < 1.29 is 5.21 Å². The Labute approximate surface area is 117 Å². The molecule has 0 unspecified atom stereocenters. The molecule has 1 rings (SSSR count). The van der Waals surface area contributed by atoms with Gasteiger partial charge in [-0.15, -0.1) is 4.73 Å². The van der Waals surface area contributed by atoms with Crippen molar-refractivity contribution in [2.75, 3.05) is 0 Å². The van der Waals surface area contributed by atoms with E-state index in [0.29, 0.717) is 27.4 Å². The molecule has 1 N–H and O–H groups in total. The van der Waals surface area contributed by atoms with E-state index < -0.39 is 5.56 Å². The van der Waals surface area contributed by atoms with Crippen molar-refractivity contribution in [3.05, 3.63) is 31.7 Å². The van der Waals surface area contributed by atoms with Gasteiger partial charge in [0.15, 0.2) is 0 Å². The van der Waals surface area contributed by atoms with E-state index in [-0.39, 0.29) is 5.02 Å². The average Bonchev–Trinajstić information content (AvgIpc) is 2.37. The fourth-order valence-electron chi connectivity index (χ4n) is 1.89. The van der Waals surface area contributed by atoms with Gasteiger partial charge in [0.2, 0.25) is 0 Å². The molecule has 0 aliphatic carbocycles. The number of unbranched alkanes of at least 4 members (excludes halogenated alkanes) is 4. The molecule has 1 aromatic heterocycles. The Balaban J connectivity index is 2.80. The van der Waals surface area contributed by atoms with Gasteiger partial charge in [0.25, 0.3) is 0 Å². The number of hydrogen-bond acceptors (Lipinski definition) is 2. The molecule has 0 spiro atoms. The normalized spacial score (nSPS) is 10.9. The van der Waals surface area contributed by atoms with E-state index in [1.807, 2.05) is 0 Å². The molecule has 0 fully saturated rings. The van der Waals surface area contributed by atoms with Gasteiger partial charge in [-0.3, -0.25) is 4.79 Å². The van der Waals surface area contributed by atoms with Crippen molar-refractivity contribution in [3.63, 3.8) is 0 Å². The van der Waals surface area contributed by atoms with Crippen LogP contribution in [0.25, 0.3) is 0 Å². The fraction of sp³-hybridized carbons (Fsp3) is 0.615. The second-order valence-electron chi connectivity index (χ2n) is 4.48. The third kappa shape index (κ3) is 3.42. The van der Waals surface area contributed by atoms with Crippen LogP contribution >= 0.6 is 23.2 Å². The van der Waals surface area contributed by atoms with Crippen molar-refractivity contribution in [1.82, 2.24) is 4.73 Å². The van der Waals surface area contributed by atoms with Gasteiger partial charge in [0.1, 0.15) is 5.02 Å². The topological polar surface area (TPSA) is 42.2 Å². The highest BCUT2D eigenvalue weighted by molar-refractivity contribution is 6.36. The fourth-order valence-corrected chi connectivity index (χ4v) is 2.39. The Bertz CT molecular complexity index is 469. The predicted octanol–water partition coefficient (Wildman–Crippen LogP) is 4.21. The molecule has 3 nitrogen and oxygen atoms in total. The van der Waals surface area contributed by atoms with Gasteiger partial charge < -0.3 is 5.21 Å². The van der Waals surface area contributed by atoms with E-state index in [2.05, 4.69) is 6.92 Å². The van der Waals surface area contributed by atoms with Gasteiger partial charge in [-0.05, 0) is 25.3 Å². The van der Waals surface area contributed by atoms with Gasteiger partial charge in [-0.1, -0.05) is 55.8 Å². The zero-order chi connectivity index (χ0) is 13.7. The summed E-state index contributed by atoms with van der Waals surface area (Å²) in [7, 11) is 0. The highest BCUT2D eigenvalue weighted by Gasteiger charge is 2.16. The maximum atomic E-state index is 11.6. The summed E-state index contributed by atoms with van der Waals surface area (Å²) < 4.78 is 0.581. The van der Waals surface area contributed by atoms with Crippen LogP contribution in [0.5, 0.6) is 0 Å². The van der Waals surface area contributed by atoms with Crippen LogP contribution in [-0.4, -0.2) is 9.94 Å². The van der Waals surface area contributed by atoms with Crippen molar-refractivity contribution in [2.45, 2.75) is 52.4 Å². The van der Waals surface area contributed by atoms with Crippen molar-refractivity contribution >= 4 is 23.2 Å². The molecule has 0 saturated heterocycles. The van der Waals surface area contributed by atoms with Crippen LogP contribution in [0.15, 0.2) is 4.79 Å². The van der Waals surface area contributed by atoms with Crippen molar-refractivity contribution in [3.8, 4) is 0 Å². The summed E-state index contributed by atoms with van der Waals surface area (Å²) in [6, 6.07) is 0. The number of rotatable bonds is 6. The first kappa shape index (κ1) is 15.4. The highest BCUT2D eigenvalue weighted by Crippen LogP contribution is 2.25. The first-order valence-electron chi connectivity index (χ1n) is 6.29. The van der Waals surface area contributed by atoms with E-state index in [9.17, 15) is 10.0 Å². The molecule has 0 saturated carbocycles. The Hall–Kier alpha value is -0.670. The van der Waals surface area contributed by atoms with Crippen LogP contribution in [0.3, 0.4) is 0 Å². The predicted molar refractivity (Wildman–Crippen MR) is 75.1 cm³/mol. The van der Waals surface area contributed by atoms with Crippen LogP contribution in [0.2, 0.25) is 10.0 Å². The number of hydrogen-bond donors (Lipinski definition) is 1. The standard InChI is InChI=1S/C13H19Cl2NO2/c1-3-4-5-6-7-8-10-11(14)9(2)12(15)13(17)16(10)18/h18H,3-8H2,1-2H3. The summed E-state index contributed by atoms with van der Waals surface area (Å²) >= 11 is 11.9. The lowest BCUT2D eigenvalue weighted by Crippen LogP contribution is -2.23. The smallest absolute Gasteiger partial charge is 0.302 e. The minimum absolute atomic E-state index is 0.0165. The molecule has 0 radical (unpaired) electrons. The molecular weight excluding hydrogens is 273 g/mol. The van der Waals surface area contributed by atoms with E-state index >= 15 is 0 Å². The molecule has 1 aromatic rings. The van der Waals surface area contributed by atoms with Crippen LogP contribution in [0.4, 0.5) is 0 Å². The number of pyridine rings is 1. The molecule has 102 valence electrons. The zero-order valence-electron chi connectivity index (χ0n) is 10.8. The minimum Gasteiger partial charge on any atom is -0.425 e. The molecule has 0 atom stereocenters. The zero-order valence-corrected chi connectivity index (χ0v) is 12.3. The first-order valence-corrected chi connectivity index (χ1v) is 7.05. The summed E-state index contributed by atoms with van der Waals surface area (Å²) in [5.74, 6) is 0. The third-order valence-electron chi connectivity index (χ3n) is 3.06. The lowest BCUT2D eigenvalue weighted by molar-refractivity contribution is 0.164. The quantitative estimate of drug-likeness (QED) is 0.630. The number of aromatic nitrogens is 1. The Morgan fingerprint density at radius 1 is 1.11 bits per heavy atom. The minimum atomic E-state index is -0.595. The summed E-state index contributed by atoms with van der Waals surface area (Å²) in [6.07, 6.45) is 6.12. The molecule has 18 heavy (non-hydrogen) atoms. The first-order chi connectivity index (χ1) is 8.50. The molecule has 5 heteroatoms. The Morgan fingerprint density at radius 2 is 1.72 bits per heavy atom. The van der Waals surface area contributed by atoms with Gasteiger partial charge in [-0.2, -0.15) is 0 Å². The van der Waals surface area contributed by atoms with Gasteiger partial charge in [0.05, 0.1) is 10.7 Å². The number of nitrogens with zero attached hydrogens (tertiary/aromatic N) is 1. The molecule has 0 aliphatic heterocycles. The van der Waals surface area contributed by atoms with Crippen LogP contribution in [-0.2, 0) is 6.42 Å². The summed E-state index contributed by atoms with van der Waals surface area (Å²) in [5, 5.41) is 10.1. The molecule has 0 bridgehead atoms. The molecule has 0 amide bonds. The second kappa shape index (κ2) is 7.05. The van der Waals surface area contributed by atoms with Crippen LogP contribution < -0.4 is 5.56 Å². The van der Waals surface area contributed by atoms with Gasteiger partial charge >= 0.3 is 5.56 Å². The maximum Gasteiger partial charge on any atom is 0.302 e. The molecule has 1 heterocycles. The summed E-state index contributed by atoms with van der Waals surface area (Å²) in [4.78, 5) is 11.6.